The molecule has 0 aliphatic carbocycles. The Balaban J connectivity index is 2.20. The summed E-state index contributed by atoms with van der Waals surface area (Å²) in [5, 5.41) is 0. The average molecular weight is 257 g/mol. The number of benzene rings is 1. The van der Waals surface area contributed by atoms with Gasteiger partial charge in [0.05, 0.1) is 24.7 Å². The van der Waals surface area contributed by atoms with Crippen LogP contribution in [0, 0.1) is 0 Å². The van der Waals surface area contributed by atoms with Crippen LogP contribution in [0.1, 0.15) is 18.7 Å². The van der Waals surface area contributed by atoms with Crippen LogP contribution in [0.25, 0.3) is 0 Å². The quantitative estimate of drug-likeness (QED) is 0.915. The first kappa shape index (κ1) is 13.4. The number of pyridine rings is 1. The van der Waals surface area contributed by atoms with Gasteiger partial charge in [0.25, 0.3) is 0 Å². The summed E-state index contributed by atoms with van der Waals surface area (Å²) in [7, 11) is 3.67. The van der Waals surface area contributed by atoms with Gasteiger partial charge >= 0.3 is 0 Å². The number of aromatic nitrogens is 1. The first-order valence-corrected chi connectivity index (χ1v) is 6.21. The zero-order chi connectivity index (χ0) is 13.8. The lowest BCUT2D eigenvalue weighted by molar-refractivity contribution is 0.415. The van der Waals surface area contributed by atoms with Gasteiger partial charge in [0.2, 0.25) is 0 Å². The van der Waals surface area contributed by atoms with Crippen molar-refractivity contribution < 1.29 is 4.74 Å². The SMILES string of the molecule is COc1ccc(N(C)c2ccc(C(C)N)nc2)cc1. The summed E-state index contributed by atoms with van der Waals surface area (Å²) < 4.78 is 5.15. The summed E-state index contributed by atoms with van der Waals surface area (Å²) in [5.74, 6) is 0.850. The van der Waals surface area contributed by atoms with E-state index in [2.05, 4.69) is 9.88 Å². The number of nitrogens with zero attached hydrogens (tertiary/aromatic N) is 2. The molecule has 2 N–H and O–H groups in total. The second-order valence-corrected chi connectivity index (χ2v) is 4.49. The summed E-state index contributed by atoms with van der Waals surface area (Å²) >= 11 is 0. The molecule has 1 unspecified atom stereocenters. The second kappa shape index (κ2) is 5.71. The van der Waals surface area contributed by atoms with Crippen molar-refractivity contribution in [2.24, 2.45) is 5.73 Å². The van der Waals surface area contributed by atoms with Crippen molar-refractivity contribution in [1.82, 2.24) is 4.98 Å². The lowest BCUT2D eigenvalue weighted by atomic mass is 10.2. The Morgan fingerprint density at radius 2 is 1.74 bits per heavy atom. The van der Waals surface area contributed by atoms with Gasteiger partial charge in [-0.25, -0.2) is 0 Å². The molecule has 0 radical (unpaired) electrons. The Morgan fingerprint density at radius 1 is 1.11 bits per heavy atom. The zero-order valence-corrected chi connectivity index (χ0v) is 11.5. The first-order valence-electron chi connectivity index (χ1n) is 6.21. The largest absolute Gasteiger partial charge is 0.497 e. The van der Waals surface area contributed by atoms with Crippen LogP contribution in [-0.4, -0.2) is 19.1 Å². The maximum atomic E-state index is 5.79. The second-order valence-electron chi connectivity index (χ2n) is 4.49. The lowest BCUT2D eigenvalue weighted by Crippen LogP contribution is -2.11. The van der Waals surface area contributed by atoms with Crippen molar-refractivity contribution in [3.8, 4) is 5.75 Å². The molecule has 0 amide bonds. The van der Waals surface area contributed by atoms with Gasteiger partial charge in [-0.3, -0.25) is 4.98 Å². The minimum atomic E-state index is -0.0413. The predicted octanol–water partition coefficient (Wildman–Crippen LogP) is 2.88. The number of ether oxygens (including phenoxy) is 1. The summed E-state index contributed by atoms with van der Waals surface area (Å²) in [6.07, 6.45) is 1.84. The van der Waals surface area contributed by atoms with Crippen LogP contribution in [0.4, 0.5) is 11.4 Å². The highest BCUT2D eigenvalue weighted by Crippen LogP contribution is 2.25. The number of methoxy groups -OCH3 is 1. The Bertz CT molecular complexity index is 520. The fraction of sp³-hybridized carbons (Fsp3) is 0.267. The third-order valence-electron chi connectivity index (χ3n) is 3.08. The third kappa shape index (κ3) is 3.03. The normalized spacial score (nSPS) is 12.0. The van der Waals surface area contributed by atoms with E-state index in [1.807, 2.05) is 56.6 Å². The van der Waals surface area contributed by atoms with E-state index in [0.717, 1.165) is 22.8 Å². The molecule has 1 aromatic heterocycles. The Morgan fingerprint density at radius 3 is 2.21 bits per heavy atom. The molecular weight excluding hydrogens is 238 g/mol. The van der Waals surface area contributed by atoms with Crippen LogP contribution < -0.4 is 15.4 Å². The number of hydrogen-bond acceptors (Lipinski definition) is 4. The van der Waals surface area contributed by atoms with E-state index in [9.17, 15) is 0 Å². The fourth-order valence-corrected chi connectivity index (χ4v) is 1.82. The number of nitrogens with two attached hydrogens (primary N) is 1. The minimum Gasteiger partial charge on any atom is -0.497 e. The van der Waals surface area contributed by atoms with E-state index in [4.69, 9.17) is 10.5 Å². The maximum absolute atomic E-state index is 5.79. The van der Waals surface area contributed by atoms with Gasteiger partial charge in [0.15, 0.2) is 0 Å². The van der Waals surface area contributed by atoms with E-state index < -0.39 is 0 Å². The third-order valence-corrected chi connectivity index (χ3v) is 3.08. The number of anilines is 2. The molecule has 2 aromatic rings. The standard InChI is InChI=1S/C15H19N3O/c1-11(16)15-9-6-13(10-17-15)18(2)12-4-7-14(19-3)8-5-12/h4-11H,16H2,1-3H3. The molecule has 4 heteroatoms. The monoisotopic (exact) mass is 257 g/mol. The van der Waals surface area contributed by atoms with Gasteiger partial charge in [0, 0.05) is 18.8 Å². The van der Waals surface area contributed by atoms with Crippen LogP contribution in [0.3, 0.4) is 0 Å². The van der Waals surface area contributed by atoms with Crippen LogP contribution in [0.5, 0.6) is 5.75 Å². The molecule has 0 aliphatic heterocycles. The molecule has 19 heavy (non-hydrogen) atoms. The van der Waals surface area contributed by atoms with Crippen molar-refractivity contribution in [1.29, 1.82) is 0 Å². The van der Waals surface area contributed by atoms with Crippen molar-refractivity contribution in [3.63, 3.8) is 0 Å². The van der Waals surface area contributed by atoms with E-state index in [0.29, 0.717) is 0 Å². The maximum Gasteiger partial charge on any atom is 0.119 e. The number of rotatable bonds is 4. The molecule has 1 aromatic carbocycles. The van der Waals surface area contributed by atoms with E-state index in [1.165, 1.54) is 0 Å². The molecule has 1 atom stereocenters. The van der Waals surface area contributed by atoms with Crippen molar-refractivity contribution in [2.75, 3.05) is 19.1 Å². The average Bonchev–Trinajstić information content (AvgIpc) is 2.46. The first-order chi connectivity index (χ1) is 9.11. The van der Waals surface area contributed by atoms with Crippen LogP contribution >= 0.6 is 0 Å². The van der Waals surface area contributed by atoms with Crippen molar-refractivity contribution in [3.05, 3.63) is 48.3 Å². The van der Waals surface area contributed by atoms with Crippen molar-refractivity contribution >= 4 is 11.4 Å². The molecule has 0 spiro atoms. The molecule has 2 rings (SSSR count). The summed E-state index contributed by atoms with van der Waals surface area (Å²) in [4.78, 5) is 6.43. The van der Waals surface area contributed by atoms with Gasteiger partial charge < -0.3 is 15.4 Å². The van der Waals surface area contributed by atoms with Gasteiger partial charge in [-0.2, -0.15) is 0 Å². The molecule has 0 bridgehead atoms. The van der Waals surface area contributed by atoms with E-state index in [1.54, 1.807) is 7.11 Å². The Kier molecular flexibility index (Phi) is 4.02. The Labute approximate surface area is 113 Å². The van der Waals surface area contributed by atoms with E-state index >= 15 is 0 Å². The Hall–Kier alpha value is -2.07. The molecule has 0 saturated heterocycles. The van der Waals surface area contributed by atoms with Crippen LogP contribution in [0.15, 0.2) is 42.6 Å². The lowest BCUT2D eigenvalue weighted by Gasteiger charge is -2.20. The molecule has 0 saturated carbocycles. The molecule has 4 nitrogen and oxygen atoms in total. The molecular formula is C15H19N3O. The van der Waals surface area contributed by atoms with Gasteiger partial charge in [-0.15, -0.1) is 0 Å². The van der Waals surface area contributed by atoms with Gasteiger partial charge in [-0.05, 0) is 43.3 Å². The van der Waals surface area contributed by atoms with Crippen LogP contribution in [0.2, 0.25) is 0 Å². The molecule has 1 heterocycles. The van der Waals surface area contributed by atoms with Crippen LogP contribution in [-0.2, 0) is 0 Å². The topological polar surface area (TPSA) is 51.4 Å². The highest BCUT2D eigenvalue weighted by molar-refractivity contribution is 5.62. The summed E-state index contributed by atoms with van der Waals surface area (Å²) in [5.41, 5.74) is 8.79. The fourth-order valence-electron chi connectivity index (χ4n) is 1.82. The zero-order valence-electron chi connectivity index (χ0n) is 11.5. The van der Waals surface area contributed by atoms with Crippen molar-refractivity contribution in [2.45, 2.75) is 13.0 Å². The molecule has 100 valence electrons. The smallest absolute Gasteiger partial charge is 0.119 e. The van der Waals surface area contributed by atoms with Gasteiger partial charge in [-0.1, -0.05) is 0 Å². The predicted molar refractivity (Wildman–Crippen MR) is 77.9 cm³/mol. The highest BCUT2D eigenvalue weighted by Gasteiger charge is 2.06. The molecule has 0 aliphatic rings. The highest BCUT2D eigenvalue weighted by atomic mass is 16.5. The van der Waals surface area contributed by atoms with Gasteiger partial charge in [0.1, 0.15) is 5.75 Å². The summed E-state index contributed by atoms with van der Waals surface area (Å²) in [6.45, 7) is 1.93. The molecule has 0 fully saturated rings. The number of hydrogen-bond donors (Lipinski definition) is 1. The van der Waals surface area contributed by atoms with E-state index in [-0.39, 0.29) is 6.04 Å². The summed E-state index contributed by atoms with van der Waals surface area (Å²) in [6, 6.07) is 11.8. The minimum absolute atomic E-state index is 0.0413.